The van der Waals surface area contributed by atoms with Crippen molar-refractivity contribution in [2.45, 2.75) is 89.9 Å². The fourth-order valence-corrected chi connectivity index (χ4v) is 8.71. The van der Waals surface area contributed by atoms with Crippen molar-refractivity contribution in [2.75, 3.05) is 6.61 Å². The maximum Gasteiger partial charge on any atom is 0.303 e. The fraction of sp³-hybridized carbons (Fsp3) is 0.875. The number of hydrogen-bond donors (Lipinski definition) is 1. The Morgan fingerprint density at radius 3 is 2.63 bits per heavy atom. The van der Waals surface area contributed by atoms with Crippen LogP contribution in [0.25, 0.3) is 0 Å². The number of carbonyl (C=O) groups excluding carboxylic acids is 3. The van der Waals surface area contributed by atoms with Crippen LogP contribution in [0.5, 0.6) is 0 Å². The molecule has 5 rings (SSSR count). The Hall–Kier alpha value is -1.27. The quantitative estimate of drug-likeness (QED) is 0.560. The first kappa shape index (κ1) is 20.6. The van der Waals surface area contributed by atoms with Gasteiger partial charge in [0, 0.05) is 30.6 Å². The summed E-state index contributed by atoms with van der Waals surface area (Å²) in [6.07, 6.45) is 5.67. The molecule has 0 bridgehead atoms. The Balaban J connectivity index is 1.49. The molecule has 0 radical (unpaired) electrons. The van der Waals surface area contributed by atoms with E-state index in [1.807, 2.05) is 6.92 Å². The Labute approximate surface area is 178 Å². The molecule has 4 saturated carbocycles. The molecule has 9 atom stereocenters. The molecule has 1 saturated heterocycles. The first-order chi connectivity index (χ1) is 14.0. The van der Waals surface area contributed by atoms with Crippen molar-refractivity contribution < 1.29 is 29.0 Å². The lowest BCUT2D eigenvalue weighted by Crippen LogP contribution is -2.64. The monoisotopic (exact) mass is 418 g/mol. The van der Waals surface area contributed by atoms with Gasteiger partial charge in [-0.05, 0) is 55.8 Å². The summed E-state index contributed by atoms with van der Waals surface area (Å²) in [4.78, 5) is 36.5. The van der Waals surface area contributed by atoms with Gasteiger partial charge in [-0.15, -0.1) is 0 Å². The lowest BCUT2D eigenvalue weighted by atomic mass is 9.44. The number of ketones is 2. The first-order valence-corrected chi connectivity index (χ1v) is 11.6. The number of fused-ring (bicyclic) bond motifs is 3. The predicted octanol–water partition coefficient (Wildman–Crippen LogP) is 2.84. The number of hydrogen-bond acceptors (Lipinski definition) is 6. The maximum atomic E-state index is 13.1. The van der Waals surface area contributed by atoms with Gasteiger partial charge in [-0.25, -0.2) is 0 Å². The number of epoxide rings is 1. The summed E-state index contributed by atoms with van der Waals surface area (Å²) < 4.78 is 11.5. The molecule has 4 aliphatic carbocycles. The van der Waals surface area contributed by atoms with Gasteiger partial charge < -0.3 is 14.6 Å². The molecule has 1 N–H and O–H groups in total. The molecule has 0 aromatic rings. The average molecular weight is 419 g/mol. The van der Waals surface area contributed by atoms with Crippen LogP contribution in [0, 0.1) is 34.5 Å². The Morgan fingerprint density at radius 2 is 1.93 bits per heavy atom. The van der Waals surface area contributed by atoms with Gasteiger partial charge >= 0.3 is 5.97 Å². The zero-order valence-electron chi connectivity index (χ0n) is 18.5. The highest BCUT2D eigenvalue weighted by molar-refractivity contribution is 5.91. The molecule has 0 aromatic heterocycles. The van der Waals surface area contributed by atoms with Gasteiger partial charge in [-0.3, -0.25) is 14.4 Å². The van der Waals surface area contributed by atoms with E-state index in [4.69, 9.17) is 9.47 Å². The number of aliphatic hydroxyl groups is 1. The van der Waals surface area contributed by atoms with Crippen LogP contribution in [0.2, 0.25) is 0 Å². The predicted molar refractivity (Wildman–Crippen MR) is 107 cm³/mol. The van der Waals surface area contributed by atoms with Crippen LogP contribution in [-0.4, -0.2) is 46.6 Å². The highest BCUT2D eigenvalue weighted by Crippen LogP contribution is 2.77. The second-order valence-corrected chi connectivity index (χ2v) is 11.3. The lowest BCUT2D eigenvalue weighted by Gasteiger charge is -2.58. The maximum absolute atomic E-state index is 13.1. The molecule has 0 unspecified atom stereocenters. The molecule has 0 amide bonds. The molecule has 6 heteroatoms. The number of carbonyl (C=O) groups is 3. The molecule has 166 valence electrons. The van der Waals surface area contributed by atoms with Crippen molar-refractivity contribution in [1.82, 2.24) is 0 Å². The second kappa shape index (κ2) is 6.16. The number of ether oxygens (including phenoxy) is 2. The van der Waals surface area contributed by atoms with Crippen LogP contribution in [0.1, 0.15) is 72.6 Å². The Bertz CT molecular complexity index is 823. The third-order valence-electron chi connectivity index (χ3n) is 10.3. The second-order valence-electron chi connectivity index (χ2n) is 11.3. The van der Waals surface area contributed by atoms with Crippen molar-refractivity contribution >= 4 is 17.5 Å². The van der Waals surface area contributed by atoms with Crippen molar-refractivity contribution in [3.63, 3.8) is 0 Å². The minimum Gasteiger partial charge on any atom is -0.458 e. The summed E-state index contributed by atoms with van der Waals surface area (Å²) in [6.45, 7) is 7.25. The Kier molecular flexibility index (Phi) is 4.23. The van der Waals surface area contributed by atoms with Crippen LogP contribution in [0.15, 0.2) is 0 Å². The summed E-state index contributed by atoms with van der Waals surface area (Å²) in [7, 11) is 0. The zero-order valence-corrected chi connectivity index (χ0v) is 18.5. The van der Waals surface area contributed by atoms with E-state index in [9.17, 15) is 19.5 Å². The number of esters is 1. The van der Waals surface area contributed by atoms with Crippen molar-refractivity contribution in [3.8, 4) is 0 Å². The molecule has 30 heavy (non-hydrogen) atoms. The zero-order chi connectivity index (χ0) is 21.7. The highest BCUT2D eigenvalue weighted by atomic mass is 16.6. The smallest absolute Gasteiger partial charge is 0.303 e. The Morgan fingerprint density at radius 1 is 1.20 bits per heavy atom. The molecular weight excluding hydrogens is 384 g/mol. The molecule has 5 aliphatic rings. The number of Topliss-reactive ketones (excluding diaryl/α,β-unsaturated/α-hetero) is 2. The first-order valence-electron chi connectivity index (χ1n) is 11.6. The molecule has 1 heterocycles. The molecule has 1 aliphatic heterocycles. The van der Waals surface area contributed by atoms with E-state index in [0.29, 0.717) is 36.9 Å². The van der Waals surface area contributed by atoms with Crippen LogP contribution in [0.4, 0.5) is 0 Å². The van der Waals surface area contributed by atoms with E-state index in [1.165, 1.54) is 6.92 Å². The van der Waals surface area contributed by atoms with E-state index < -0.39 is 17.0 Å². The largest absolute Gasteiger partial charge is 0.458 e. The van der Waals surface area contributed by atoms with Gasteiger partial charge in [-0.1, -0.05) is 20.8 Å². The van der Waals surface area contributed by atoms with Gasteiger partial charge in [0.15, 0.2) is 6.61 Å². The summed E-state index contributed by atoms with van der Waals surface area (Å²) in [5.41, 5.74) is -2.30. The van der Waals surface area contributed by atoms with Gasteiger partial charge in [0.1, 0.15) is 17.0 Å². The van der Waals surface area contributed by atoms with E-state index >= 15 is 0 Å². The van der Waals surface area contributed by atoms with E-state index in [2.05, 4.69) is 13.8 Å². The summed E-state index contributed by atoms with van der Waals surface area (Å²) >= 11 is 0. The molecule has 5 fully saturated rings. The van der Waals surface area contributed by atoms with Crippen LogP contribution in [-0.2, 0) is 23.9 Å². The molecule has 1 spiro atoms. The summed E-state index contributed by atoms with van der Waals surface area (Å²) in [5.74, 6) is 0.167. The number of rotatable bonds is 3. The van der Waals surface area contributed by atoms with Gasteiger partial charge in [-0.2, -0.15) is 0 Å². The third-order valence-corrected chi connectivity index (χ3v) is 10.3. The third kappa shape index (κ3) is 2.25. The van der Waals surface area contributed by atoms with Crippen molar-refractivity contribution in [1.29, 1.82) is 0 Å². The van der Waals surface area contributed by atoms with Gasteiger partial charge in [0.25, 0.3) is 0 Å². The van der Waals surface area contributed by atoms with Crippen LogP contribution in [0.3, 0.4) is 0 Å². The van der Waals surface area contributed by atoms with Crippen LogP contribution >= 0.6 is 0 Å². The lowest BCUT2D eigenvalue weighted by molar-refractivity contribution is -0.174. The minimum absolute atomic E-state index is 0.00150. The van der Waals surface area contributed by atoms with Gasteiger partial charge in [0.05, 0.1) is 6.10 Å². The summed E-state index contributed by atoms with van der Waals surface area (Å²) in [5, 5.41) is 11.8. The van der Waals surface area contributed by atoms with E-state index in [0.717, 1.165) is 25.7 Å². The SMILES string of the molecule is CC(=O)OCC(=O)[C@]1(O)[C@@H](C)C[C@@H]2[C@H]3CC[C@@H]4CC(=O)CC[C@@]4(C)[C@@]34O[C@H]4C[C@]21C. The fourth-order valence-electron chi connectivity index (χ4n) is 8.71. The standard InChI is InChI=1S/C24H34O6/c1-13-9-18-17-6-5-15-10-16(26)7-8-21(15,3)24(17)20(30-24)11-22(18,4)23(13,28)19(27)12-29-14(2)25/h13,15,17-18,20,28H,5-12H2,1-4H3/t13-,15+,17+,18+,20-,21+,22+,23+,24+/m0/s1. The topological polar surface area (TPSA) is 93.2 Å². The normalized spacial score (nSPS) is 53.8. The minimum atomic E-state index is -1.51. The van der Waals surface area contributed by atoms with E-state index in [1.54, 1.807) is 0 Å². The van der Waals surface area contributed by atoms with Crippen molar-refractivity contribution in [2.24, 2.45) is 34.5 Å². The van der Waals surface area contributed by atoms with Crippen LogP contribution < -0.4 is 0 Å². The molecule has 6 nitrogen and oxygen atoms in total. The highest BCUT2D eigenvalue weighted by Gasteiger charge is 2.82. The summed E-state index contributed by atoms with van der Waals surface area (Å²) in [6, 6.07) is 0. The van der Waals surface area contributed by atoms with Crippen molar-refractivity contribution in [3.05, 3.63) is 0 Å². The molecule has 0 aromatic carbocycles. The van der Waals surface area contributed by atoms with Gasteiger partial charge in [0.2, 0.25) is 5.78 Å². The van der Waals surface area contributed by atoms with E-state index in [-0.39, 0.29) is 41.3 Å². The molecular formula is C24H34O6. The average Bonchev–Trinajstić information content (AvgIpc) is 3.36.